The Hall–Kier alpha value is -1.99. The molecule has 0 unspecified atom stereocenters. The highest BCUT2D eigenvalue weighted by Crippen LogP contribution is 2.21. The highest BCUT2D eigenvalue weighted by atomic mass is 16.7. The highest BCUT2D eigenvalue weighted by molar-refractivity contribution is 5.30. The molecule has 6 nitrogen and oxygen atoms in total. The van der Waals surface area contributed by atoms with E-state index in [1.165, 1.54) is 0 Å². The van der Waals surface area contributed by atoms with E-state index in [4.69, 9.17) is 9.47 Å². The molecule has 3 rings (SSSR count). The number of aromatic nitrogens is 1. The largest absolute Gasteiger partial charge is 0.462 e. The summed E-state index contributed by atoms with van der Waals surface area (Å²) in [5.41, 5.74) is 2.22. The number of hydrogen-bond donors (Lipinski definition) is 3. The van der Waals surface area contributed by atoms with Gasteiger partial charge in [0.1, 0.15) is 24.1 Å². The number of aliphatic hydroxyl groups is 3. The van der Waals surface area contributed by atoms with E-state index in [-0.39, 0.29) is 6.61 Å². The second-order valence-electron chi connectivity index (χ2n) is 5.55. The van der Waals surface area contributed by atoms with Crippen molar-refractivity contribution < 1.29 is 24.8 Å². The maximum Gasteiger partial charge on any atom is 0.228 e. The molecule has 122 valence electrons. The first-order valence-electron chi connectivity index (χ1n) is 7.44. The van der Waals surface area contributed by atoms with E-state index < -0.39 is 24.6 Å². The second-order valence-corrected chi connectivity index (χ2v) is 5.55. The van der Waals surface area contributed by atoms with Gasteiger partial charge in [-0.05, 0) is 35.7 Å². The van der Waals surface area contributed by atoms with Crippen LogP contribution in [0.25, 0.3) is 0 Å². The smallest absolute Gasteiger partial charge is 0.228 e. The molecule has 1 aliphatic heterocycles. The van der Waals surface area contributed by atoms with Crippen molar-refractivity contribution in [3.05, 3.63) is 59.9 Å². The van der Waals surface area contributed by atoms with Crippen LogP contribution in [0.4, 0.5) is 0 Å². The zero-order chi connectivity index (χ0) is 16.2. The lowest BCUT2D eigenvalue weighted by atomic mass is 10.1. The summed E-state index contributed by atoms with van der Waals surface area (Å²) in [4.78, 5) is 4.08. The molecule has 6 heteroatoms. The molecule has 0 radical (unpaired) electrons. The fourth-order valence-electron chi connectivity index (χ4n) is 2.44. The van der Waals surface area contributed by atoms with Crippen molar-refractivity contribution in [1.29, 1.82) is 0 Å². The maximum atomic E-state index is 9.85. The van der Waals surface area contributed by atoms with E-state index in [1.807, 2.05) is 30.5 Å². The average Bonchev–Trinajstić information content (AvgIpc) is 2.58. The predicted molar refractivity (Wildman–Crippen MR) is 81.9 cm³/mol. The van der Waals surface area contributed by atoms with Gasteiger partial charge in [0, 0.05) is 12.4 Å². The van der Waals surface area contributed by atoms with Crippen LogP contribution in [0, 0.1) is 0 Å². The number of pyridine rings is 1. The van der Waals surface area contributed by atoms with Crippen LogP contribution in [0.1, 0.15) is 11.1 Å². The molecule has 1 aromatic heterocycles. The van der Waals surface area contributed by atoms with Crippen molar-refractivity contribution in [3.8, 4) is 5.75 Å². The number of hydrogen-bond acceptors (Lipinski definition) is 6. The zero-order valence-corrected chi connectivity index (χ0v) is 12.4. The van der Waals surface area contributed by atoms with E-state index in [0.717, 1.165) is 17.5 Å². The van der Waals surface area contributed by atoms with Crippen LogP contribution in [0.5, 0.6) is 5.75 Å². The van der Waals surface area contributed by atoms with Crippen molar-refractivity contribution in [1.82, 2.24) is 4.98 Å². The SMILES string of the molecule is O[C@@H]1[C@@H](O)[C@H](Oc2ccc(Cc3cccnc3)cc2)OC[C@@H]1O. The molecule has 0 bridgehead atoms. The third kappa shape index (κ3) is 3.86. The van der Waals surface area contributed by atoms with Gasteiger partial charge in [-0.2, -0.15) is 0 Å². The number of benzene rings is 1. The van der Waals surface area contributed by atoms with Crippen molar-refractivity contribution in [2.45, 2.75) is 31.0 Å². The van der Waals surface area contributed by atoms with Crippen LogP contribution in [-0.2, 0) is 11.2 Å². The van der Waals surface area contributed by atoms with Gasteiger partial charge in [0.2, 0.25) is 6.29 Å². The monoisotopic (exact) mass is 317 g/mol. The van der Waals surface area contributed by atoms with Gasteiger partial charge in [0.05, 0.1) is 6.61 Å². The molecule has 1 saturated heterocycles. The summed E-state index contributed by atoms with van der Waals surface area (Å²) in [7, 11) is 0. The van der Waals surface area contributed by atoms with Crippen LogP contribution in [-0.4, -0.2) is 51.5 Å². The van der Waals surface area contributed by atoms with E-state index in [1.54, 1.807) is 18.3 Å². The first-order chi connectivity index (χ1) is 11.1. The van der Waals surface area contributed by atoms with Crippen molar-refractivity contribution in [2.75, 3.05) is 6.61 Å². The molecule has 3 N–H and O–H groups in total. The first-order valence-corrected chi connectivity index (χ1v) is 7.44. The fourth-order valence-corrected chi connectivity index (χ4v) is 2.44. The first kappa shape index (κ1) is 15.9. The molecule has 0 spiro atoms. The Labute approximate surface area is 134 Å². The maximum absolute atomic E-state index is 9.85. The Morgan fingerprint density at radius 2 is 1.83 bits per heavy atom. The number of nitrogens with zero attached hydrogens (tertiary/aromatic N) is 1. The summed E-state index contributed by atoms with van der Waals surface area (Å²) >= 11 is 0. The molecule has 23 heavy (non-hydrogen) atoms. The number of rotatable bonds is 4. The normalized spacial score (nSPS) is 27.6. The van der Waals surface area contributed by atoms with Gasteiger partial charge in [-0.3, -0.25) is 4.98 Å². The standard InChI is InChI=1S/C17H19NO5/c19-14-10-22-17(16(21)15(14)20)23-13-5-3-11(4-6-13)8-12-2-1-7-18-9-12/h1-7,9,14-17,19-21H,8,10H2/t14-,15-,16+,17-/m0/s1. The Morgan fingerprint density at radius 3 is 2.52 bits per heavy atom. The van der Waals surface area contributed by atoms with Crippen LogP contribution in [0.3, 0.4) is 0 Å². The van der Waals surface area contributed by atoms with Crippen LogP contribution in [0.15, 0.2) is 48.8 Å². The van der Waals surface area contributed by atoms with E-state index in [2.05, 4.69) is 4.98 Å². The molecule has 2 heterocycles. The molecular weight excluding hydrogens is 298 g/mol. The number of ether oxygens (including phenoxy) is 2. The summed E-state index contributed by atoms with van der Waals surface area (Å²) in [6, 6.07) is 11.3. The minimum Gasteiger partial charge on any atom is -0.462 e. The topological polar surface area (TPSA) is 92.0 Å². The van der Waals surface area contributed by atoms with Crippen molar-refractivity contribution in [2.24, 2.45) is 0 Å². The Bertz CT molecular complexity index is 619. The molecule has 0 amide bonds. The lowest BCUT2D eigenvalue weighted by molar-refractivity contribution is -0.242. The van der Waals surface area contributed by atoms with E-state index >= 15 is 0 Å². The van der Waals surface area contributed by atoms with Crippen LogP contribution < -0.4 is 4.74 Å². The van der Waals surface area contributed by atoms with Gasteiger partial charge in [0.25, 0.3) is 0 Å². The summed E-state index contributed by atoms with van der Waals surface area (Å²) in [6.07, 6.45) is -0.358. The third-order valence-electron chi connectivity index (χ3n) is 3.76. The zero-order valence-electron chi connectivity index (χ0n) is 12.4. The molecule has 1 aromatic carbocycles. The van der Waals surface area contributed by atoms with E-state index in [0.29, 0.717) is 5.75 Å². The molecular formula is C17H19NO5. The lowest BCUT2D eigenvalue weighted by Crippen LogP contribution is -2.54. The van der Waals surface area contributed by atoms with Gasteiger partial charge >= 0.3 is 0 Å². The second kappa shape index (κ2) is 7.06. The highest BCUT2D eigenvalue weighted by Gasteiger charge is 2.38. The molecule has 0 aliphatic carbocycles. The van der Waals surface area contributed by atoms with Gasteiger partial charge in [-0.25, -0.2) is 0 Å². The lowest BCUT2D eigenvalue weighted by Gasteiger charge is -2.34. The molecule has 2 aromatic rings. The van der Waals surface area contributed by atoms with E-state index in [9.17, 15) is 15.3 Å². The third-order valence-corrected chi connectivity index (χ3v) is 3.76. The molecule has 1 fully saturated rings. The van der Waals surface area contributed by atoms with Crippen LogP contribution >= 0.6 is 0 Å². The minimum atomic E-state index is -1.30. The Kier molecular flexibility index (Phi) is 4.88. The van der Waals surface area contributed by atoms with Crippen molar-refractivity contribution >= 4 is 0 Å². The number of aliphatic hydroxyl groups excluding tert-OH is 3. The molecule has 1 aliphatic rings. The van der Waals surface area contributed by atoms with Gasteiger partial charge < -0.3 is 24.8 Å². The molecule has 4 atom stereocenters. The average molecular weight is 317 g/mol. The summed E-state index contributed by atoms with van der Waals surface area (Å²) in [5, 5.41) is 28.9. The van der Waals surface area contributed by atoms with Crippen molar-refractivity contribution in [3.63, 3.8) is 0 Å². The Balaban J connectivity index is 1.61. The Morgan fingerprint density at radius 1 is 1.04 bits per heavy atom. The fraction of sp³-hybridized carbons (Fsp3) is 0.353. The van der Waals surface area contributed by atoms with Gasteiger partial charge in [0.15, 0.2) is 0 Å². The van der Waals surface area contributed by atoms with Gasteiger partial charge in [-0.15, -0.1) is 0 Å². The predicted octanol–water partition coefficient (Wildman–Crippen LogP) is 0.490. The summed E-state index contributed by atoms with van der Waals surface area (Å²) in [5.74, 6) is 0.521. The minimum absolute atomic E-state index is 0.0814. The van der Waals surface area contributed by atoms with Gasteiger partial charge in [-0.1, -0.05) is 18.2 Å². The molecule has 0 saturated carbocycles. The van der Waals surface area contributed by atoms with Crippen LogP contribution in [0.2, 0.25) is 0 Å². The summed E-state index contributed by atoms with van der Waals surface area (Å²) in [6.45, 7) is -0.0814. The quantitative estimate of drug-likeness (QED) is 0.760. The summed E-state index contributed by atoms with van der Waals surface area (Å²) < 4.78 is 10.7.